The zero-order valence-corrected chi connectivity index (χ0v) is 10.4. The zero-order valence-electron chi connectivity index (χ0n) is 10.4. The van der Waals surface area contributed by atoms with Crippen LogP contribution in [0.4, 0.5) is 0 Å². The normalized spacial score (nSPS) is 12.7. The molecule has 3 heteroatoms. The van der Waals surface area contributed by atoms with Gasteiger partial charge in [-0.25, -0.2) is 0 Å². The van der Waals surface area contributed by atoms with E-state index >= 15 is 0 Å². The molecule has 0 aliphatic heterocycles. The second-order valence-corrected chi connectivity index (χ2v) is 4.03. The predicted molar refractivity (Wildman–Crippen MR) is 64.7 cm³/mol. The molecule has 88 valence electrons. The zero-order chi connectivity index (χ0) is 11.5. The molecule has 0 aromatic heterocycles. The fraction of sp³-hybridized carbons (Fsp3) is 0.917. The van der Waals surface area contributed by atoms with E-state index in [9.17, 15) is 0 Å². The lowest BCUT2D eigenvalue weighted by molar-refractivity contribution is 0.264. The monoisotopic (exact) mass is 211 g/mol. The summed E-state index contributed by atoms with van der Waals surface area (Å²) >= 11 is 0. The van der Waals surface area contributed by atoms with E-state index in [0.717, 1.165) is 32.7 Å². The quantitative estimate of drug-likeness (QED) is 0.592. The molecule has 15 heavy (non-hydrogen) atoms. The van der Waals surface area contributed by atoms with Gasteiger partial charge in [-0.15, -0.1) is 0 Å². The highest BCUT2D eigenvalue weighted by molar-refractivity contribution is 4.81. The van der Waals surface area contributed by atoms with Crippen LogP contribution in [0.3, 0.4) is 0 Å². The van der Waals surface area contributed by atoms with Gasteiger partial charge in [-0.05, 0) is 45.9 Å². The van der Waals surface area contributed by atoms with Gasteiger partial charge in [0.15, 0.2) is 0 Å². The molecule has 1 unspecified atom stereocenters. The summed E-state index contributed by atoms with van der Waals surface area (Å²) in [5.41, 5.74) is 0. The third-order valence-corrected chi connectivity index (χ3v) is 2.45. The Kier molecular flexibility index (Phi) is 9.55. The van der Waals surface area contributed by atoms with Crippen molar-refractivity contribution in [3.05, 3.63) is 0 Å². The van der Waals surface area contributed by atoms with E-state index in [2.05, 4.69) is 30.1 Å². The van der Waals surface area contributed by atoms with Crippen molar-refractivity contribution in [2.45, 2.75) is 33.6 Å². The first-order valence-electron chi connectivity index (χ1n) is 6.07. The SMILES string of the molecule is CCCNCCCN(CC)CC(C)C#N. The predicted octanol–water partition coefficient (Wildman–Crippen LogP) is 1.86. The minimum absolute atomic E-state index is 0.147. The van der Waals surface area contributed by atoms with E-state index in [1.165, 1.54) is 12.8 Å². The molecular weight excluding hydrogens is 186 g/mol. The van der Waals surface area contributed by atoms with E-state index in [0.29, 0.717) is 0 Å². The molecule has 0 aliphatic carbocycles. The van der Waals surface area contributed by atoms with Crippen LogP contribution >= 0.6 is 0 Å². The second kappa shape index (κ2) is 9.95. The summed E-state index contributed by atoms with van der Waals surface area (Å²) in [6.45, 7) is 11.6. The highest BCUT2D eigenvalue weighted by Gasteiger charge is 2.06. The van der Waals surface area contributed by atoms with Crippen molar-refractivity contribution in [3.63, 3.8) is 0 Å². The fourth-order valence-electron chi connectivity index (χ4n) is 1.54. The van der Waals surface area contributed by atoms with Crippen molar-refractivity contribution in [3.8, 4) is 6.07 Å². The lowest BCUT2D eigenvalue weighted by Crippen LogP contribution is -2.31. The molecular formula is C12H25N3. The van der Waals surface area contributed by atoms with Crippen LogP contribution in [0.2, 0.25) is 0 Å². The van der Waals surface area contributed by atoms with Crippen LogP contribution in [-0.2, 0) is 0 Å². The Morgan fingerprint density at radius 1 is 1.33 bits per heavy atom. The minimum atomic E-state index is 0.147. The summed E-state index contributed by atoms with van der Waals surface area (Å²) in [4.78, 5) is 2.35. The Morgan fingerprint density at radius 2 is 2.07 bits per heavy atom. The summed E-state index contributed by atoms with van der Waals surface area (Å²) in [5, 5.41) is 12.1. The van der Waals surface area contributed by atoms with Gasteiger partial charge in [-0.2, -0.15) is 5.26 Å². The van der Waals surface area contributed by atoms with Crippen molar-refractivity contribution >= 4 is 0 Å². The Balaban J connectivity index is 3.49. The van der Waals surface area contributed by atoms with Gasteiger partial charge in [0, 0.05) is 6.54 Å². The summed E-state index contributed by atoms with van der Waals surface area (Å²) in [5.74, 6) is 0.147. The Hall–Kier alpha value is -0.590. The van der Waals surface area contributed by atoms with Gasteiger partial charge >= 0.3 is 0 Å². The maximum absolute atomic E-state index is 8.73. The molecule has 0 fully saturated rings. The molecule has 3 nitrogen and oxygen atoms in total. The maximum atomic E-state index is 8.73. The molecule has 0 saturated heterocycles. The average molecular weight is 211 g/mol. The van der Waals surface area contributed by atoms with Gasteiger partial charge in [0.25, 0.3) is 0 Å². The van der Waals surface area contributed by atoms with Gasteiger partial charge in [-0.3, -0.25) is 0 Å². The van der Waals surface area contributed by atoms with E-state index in [1.54, 1.807) is 0 Å². The summed E-state index contributed by atoms with van der Waals surface area (Å²) in [6.07, 6.45) is 2.37. The molecule has 0 saturated carbocycles. The third-order valence-electron chi connectivity index (χ3n) is 2.45. The van der Waals surface area contributed by atoms with Crippen LogP contribution < -0.4 is 5.32 Å². The van der Waals surface area contributed by atoms with Crippen LogP contribution in [0.15, 0.2) is 0 Å². The van der Waals surface area contributed by atoms with Crippen LogP contribution in [0, 0.1) is 17.2 Å². The van der Waals surface area contributed by atoms with E-state index in [4.69, 9.17) is 5.26 Å². The standard InChI is InChI=1S/C12H25N3/c1-4-7-14-8-6-9-15(5-2)11-12(3)10-13/h12,14H,4-9,11H2,1-3H3. The largest absolute Gasteiger partial charge is 0.317 e. The van der Waals surface area contributed by atoms with E-state index in [1.807, 2.05) is 6.92 Å². The summed E-state index contributed by atoms with van der Waals surface area (Å²) < 4.78 is 0. The average Bonchev–Trinajstić information content (AvgIpc) is 2.26. The molecule has 0 amide bonds. The third kappa shape index (κ3) is 8.41. The molecule has 0 aromatic rings. The number of nitrogens with one attached hydrogen (secondary N) is 1. The van der Waals surface area contributed by atoms with E-state index in [-0.39, 0.29) is 5.92 Å². The molecule has 0 heterocycles. The highest BCUT2D eigenvalue weighted by Crippen LogP contribution is 1.99. The summed E-state index contributed by atoms with van der Waals surface area (Å²) in [7, 11) is 0. The summed E-state index contributed by atoms with van der Waals surface area (Å²) in [6, 6.07) is 2.28. The highest BCUT2D eigenvalue weighted by atomic mass is 15.1. The first-order chi connectivity index (χ1) is 7.24. The molecule has 0 radical (unpaired) electrons. The van der Waals surface area contributed by atoms with Crippen LogP contribution in [0.1, 0.15) is 33.6 Å². The first-order valence-corrected chi connectivity index (χ1v) is 6.07. The number of hydrogen-bond acceptors (Lipinski definition) is 3. The van der Waals surface area contributed by atoms with Crippen molar-refractivity contribution in [1.82, 2.24) is 10.2 Å². The fourth-order valence-corrected chi connectivity index (χ4v) is 1.54. The van der Waals surface area contributed by atoms with Gasteiger partial charge in [0.2, 0.25) is 0 Å². The van der Waals surface area contributed by atoms with Crippen LogP contribution in [0.5, 0.6) is 0 Å². The topological polar surface area (TPSA) is 39.1 Å². The van der Waals surface area contributed by atoms with Crippen molar-refractivity contribution in [2.24, 2.45) is 5.92 Å². The lowest BCUT2D eigenvalue weighted by atomic mass is 10.2. The van der Waals surface area contributed by atoms with Crippen molar-refractivity contribution < 1.29 is 0 Å². The van der Waals surface area contributed by atoms with Gasteiger partial charge in [0.05, 0.1) is 12.0 Å². The molecule has 0 aliphatic rings. The molecule has 0 rings (SSSR count). The van der Waals surface area contributed by atoms with Crippen molar-refractivity contribution in [1.29, 1.82) is 5.26 Å². The van der Waals surface area contributed by atoms with Crippen LogP contribution in [0.25, 0.3) is 0 Å². The maximum Gasteiger partial charge on any atom is 0.0666 e. The first kappa shape index (κ1) is 14.4. The van der Waals surface area contributed by atoms with Crippen molar-refractivity contribution in [2.75, 3.05) is 32.7 Å². The molecule has 0 spiro atoms. The van der Waals surface area contributed by atoms with E-state index < -0.39 is 0 Å². The number of nitrogens with zero attached hydrogens (tertiary/aromatic N) is 2. The van der Waals surface area contributed by atoms with Gasteiger partial charge < -0.3 is 10.2 Å². The number of rotatable bonds is 9. The molecule has 1 N–H and O–H groups in total. The van der Waals surface area contributed by atoms with Gasteiger partial charge in [0.1, 0.15) is 0 Å². The Labute approximate surface area is 94.5 Å². The Bertz CT molecular complexity index is 174. The minimum Gasteiger partial charge on any atom is -0.317 e. The van der Waals surface area contributed by atoms with Gasteiger partial charge in [-0.1, -0.05) is 13.8 Å². The smallest absolute Gasteiger partial charge is 0.0666 e. The van der Waals surface area contributed by atoms with Crippen LogP contribution in [-0.4, -0.2) is 37.6 Å². The lowest BCUT2D eigenvalue weighted by Gasteiger charge is -2.21. The second-order valence-electron chi connectivity index (χ2n) is 4.03. The molecule has 0 aromatic carbocycles. The Morgan fingerprint density at radius 3 is 2.60 bits per heavy atom. The molecule has 1 atom stereocenters. The molecule has 0 bridgehead atoms. The number of nitriles is 1. The number of hydrogen-bond donors (Lipinski definition) is 1.